The van der Waals surface area contributed by atoms with Crippen molar-refractivity contribution < 1.29 is 13.9 Å². The van der Waals surface area contributed by atoms with Crippen molar-refractivity contribution >= 4 is 12.2 Å². The van der Waals surface area contributed by atoms with Crippen molar-refractivity contribution in [2.45, 2.75) is 19.8 Å². The van der Waals surface area contributed by atoms with Gasteiger partial charge in [0.2, 0.25) is 0 Å². The Hall–Kier alpha value is -2.16. The van der Waals surface area contributed by atoms with Crippen LogP contribution in [0.4, 0.5) is 0 Å². The number of hydrogen-bond donors (Lipinski definition) is 0. The van der Waals surface area contributed by atoms with Crippen molar-refractivity contribution in [3.05, 3.63) is 47.4 Å². The van der Waals surface area contributed by atoms with E-state index in [-0.39, 0.29) is 0 Å². The van der Waals surface area contributed by atoms with Crippen molar-refractivity contribution in [1.82, 2.24) is 0 Å². The lowest BCUT2D eigenvalue weighted by atomic mass is 9.98. The smallest absolute Gasteiger partial charge is 0.126 e. The highest BCUT2D eigenvalue weighted by atomic mass is 16.5. The summed E-state index contributed by atoms with van der Waals surface area (Å²) in [5.74, 6) is 2.84. The van der Waals surface area contributed by atoms with E-state index in [2.05, 4.69) is 13.8 Å². The summed E-state index contributed by atoms with van der Waals surface area (Å²) >= 11 is 0. The van der Waals surface area contributed by atoms with Gasteiger partial charge in [0.1, 0.15) is 17.3 Å². The van der Waals surface area contributed by atoms with Crippen molar-refractivity contribution in [2.24, 2.45) is 0 Å². The van der Waals surface area contributed by atoms with Crippen LogP contribution in [-0.4, -0.2) is 14.2 Å². The summed E-state index contributed by atoms with van der Waals surface area (Å²) in [4.78, 5) is 0. The standard InChI is InChI=1S/C17H20O3/c1-12(2)17-15(18-3)10-13(11-16(17)19-4)7-8-14-6-5-9-20-14/h5-12H,1-4H3. The fraction of sp³-hybridized carbons (Fsp3) is 0.294. The third kappa shape index (κ3) is 3.05. The molecule has 20 heavy (non-hydrogen) atoms. The van der Waals surface area contributed by atoms with Crippen molar-refractivity contribution in [3.63, 3.8) is 0 Å². The molecule has 2 rings (SSSR count). The van der Waals surface area contributed by atoms with Gasteiger partial charge in [-0.05, 0) is 41.8 Å². The van der Waals surface area contributed by atoms with Crippen LogP contribution in [0, 0.1) is 0 Å². The minimum Gasteiger partial charge on any atom is -0.496 e. The molecule has 1 aromatic carbocycles. The monoisotopic (exact) mass is 272 g/mol. The van der Waals surface area contributed by atoms with Gasteiger partial charge in [-0.2, -0.15) is 0 Å². The first kappa shape index (κ1) is 14.3. The summed E-state index contributed by atoms with van der Waals surface area (Å²) in [6.07, 6.45) is 5.56. The summed E-state index contributed by atoms with van der Waals surface area (Å²) < 4.78 is 16.3. The van der Waals surface area contributed by atoms with Crippen LogP contribution in [0.3, 0.4) is 0 Å². The van der Waals surface area contributed by atoms with Gasteiger partial charge in [0.15, 0.2) is 0 Å². The molecule has 0 amide bonds. The average molecular weight is 272 g/mol. The van der Waals surface area contributed by atoms with Gasteiger partial charge in [-0.15, -0.1) is 0 Å². The minimum absolute atomic E-state index is 0.336. The predicted octanol–water partition coefficient (Wildman–Crippen LogP) is 4.59. The number of methoxy groups -OCH3 is 2. The van der Waals surface area contributed by atoms with Crippen LogP contribution in [0.25, 0.3) is 12.2 Å². The number of benzene rings is 1. The molecule has 0 unspecified atom stereocenters. The SMILES string of the molecule is COc1cc(C=Cc2ccco2)cc(OC)c1C(C)C. The Morgan fingerprint density at radius 2 is 1.70 bits per heavy atom. The fourth-order valence-electron chi connectivity index (χ4n) is 2.19. The van der Waals surface area contributed by atoms with Crippen molar-refractivity contribution in [1.29, 1.82) is 0 Å². The molecule has 0 aliphatic carbocycles. The molecule has 0 bridgehead atoms. The summed E-state index contributed by atoms with van der Waals surface area (Å²) in [6, 6.07) is 7.80. The quantitative estimate of drug-likeness (QED) is 0.797. The summed E-state index contributed by atoms with van der Waals surface area (Å²) in [7, 11) is 3.36. The maximum atomic E-state index is 5.49. The molecule has 0 N–H and O–H groups in total. The Labute approximate surface area is 119 Å². The molecule has 0 aliphatic heterocycles. The Balaban J connectivity index is 2.40. The molecule has 0 aliphatic rings. The number of rotatable bonds is 5. The minimum atomic E-state index is 0.336. The van der Waals surface area contributed by atoms with Crippen LogP contribution in [0.2, 0.25) is 0 Å². The highest BCUT2D eigenvalue weighted by Crippen LogP contribution is 2.36. The summed E-state index contributed by atoms with van der Waals surface area (Å²) in [6.45, 7) is 4.25. The van der Waals surface area contributed by atoms with Crippen LogP contribution >= 0.6 is 0 Å². The third-order valence-corrected chi connectivity index (χ3v) is 3.13. The second kappa shape index (κ2) is 6.33. The van der Waals surface area contributed by atoms with Crippen LogP contribution in [0.15, 0.2) is 34.9 Å². The third-order valence-electron chi connectivity index (χ3n) is 3.13. The molecular formula is C17H20O3. The maximum absolute atomic E-state index is 5.49. The van der Waals surface area contributed by atoms with Gasteiger partial charge in [-0.3, -0.25) is 0 Å². The first-order valence-electron chi connectivity index (χ1n) is 6.63. The van der Waals surface area contributed by atoms with Gasteiger partial charge < -0.3 is 13.9 Å². The van der Waals surface area contributed by atoms with Crippen LogP contribution < -0.4 is 9.47 Å². The largest absolute Gasteiger partial charge is 0.496 e. The average Bonchev–Trinajstić information content (AvgIpc) is 2.96. The molecule has 0 fully saturated rings. The van der Waals surface area contributed by atoms with Gasteiger partial charge in [-0.25, -0.2) is 0 Å². The molecule has 0 radical (unpaired) electrons. The van der Waals surface area contributed by atoms with E-state index in [9.17, 15) is 0 Å². The zero-order valence-corrected chi connectivity index (χ0v) is 12.3. The molecule has 3 heteroatoms. The molecule has 0 saturated carbocycles. The van der Waals surface area contributed by atoms with Gasteiger partial charge in [0.25, 0.3) is 0 Å². The molecule has 2 aromatic rings. The normalized spacial score (nSPS) is 11.2. The second-order valence-corrected chi connectivity index (χ2v) is 4.84. The maximum Gasteiger partial charge on any atom is 0.126 e. The van der Waals surface area contributed by atoms with E-state index in [4.69, 9.17) is 13.9 Å². The number of hydrogen-bond acceptors (Lipinski definition) is 3. The number of ether oxygens (including phenoxy) is 2. The zero-order valence-electron chi connectivity index (χ0n) is 12.3. The lowest BCUT2D eigenvalue weighted by Crippen LogP contribution is -1.99. The first-order valence-corrected chi connectivity index (χ1v) is 6.63. The lowest BCUT2D eigenvalue weighted by Gasteiger charge is -2.17. The summed E-state index contributed by atoms with van der Waals surface area (Å²) in [5, 5.41) is 0. The van der Waals surface area contributed by atoms with Crippen molar-refractivity contribution in [3.8, 4) is 11.5 Å². The van der Waals surface area contributed by atoms with Crippen LogP contribution in [0.5, 0.6) is 11.5 Å². The topological polar surface area (TPSA) is 31.6 Å². The highest BCUT2D eigenvalue weighted by molar-refractivity contribution is 5.70. The van der Waals surface area contributed by atoms with Gasteiger partial charge in [0, 0.05) is 5.56 Å². The lowest BCUT2D eigenvalue weighted by molar-refractivity contribution is 0.382. The van der Waals surface area contributed by atoms with E-state index >= 15 is 0 Å². The second-order valence-electron chi connectivity index (χ2n) is 4.84. The van der Waals surface area contributed by atoms with Crippen LogP contribution in [0.1, 0.15) is 36.7 Å². The van der Waals surface area contributed by atoms with E-state index in [1.165, 1.54) is 0 Å². The van der Waals surface area contributed by atoms with E-state index in [1.54, 1.807) is 20.5 Å². The van der Waals surface area contributed by atoms with E-state index in [0.29, 0.717) is 5.92 Å². The Morgan fingerprint density at radius 3 is 2.15 bits per heavy atom. The van der Waals surface area contributed by atoms with Crippen molar-refractivity contribution in [2.75, 3.05) is 14.2 Å². The van der Waals surface area contributed by atoms with Gasteiger partial charge in [-0.1, -0.05) is 19.9 Å². The molecule has 3 nitrogen and oxygen atoms in total. The summed E-state index contributed by atoms with van der Waals surface area (Å²) in [5.41, 5.74) is 2.10. The highest BCUT2D eigenvalue weighted by Gasteiger charge is 2.14. The molecule has 1 heterocycles. The molecule has 0 spiro atoms. The molecule has 0 saturated heterocycles. The molecule has 1 aromatic heterocycles. The van der Waals surface area contributed by atoms with E-state index in [1.807, 2.05) is 36.4 Å². The molecule has 106 valence electrons. The van der Waals surface area contributed by atoms with Gasteiger partial charge in [0.05, 0.1) is 20.5 Å². The fourth-order valence-corrected chi connectivity index (χ4v) is 2.19. The van der Waals surface area contributed by atoms with E-state index < -0.39 is 0 Å². The number of furan rings is 1. The Morgan fingerprint density at radius 1 is 1.05 bits per heavy atom. The molecular weight excluding hydrogens is 252 g/mol. The molecule has 0 atom stereocenters. The van der Waals surface area contributed by atoms with Crippen LogP contribution in [-0.2, 0) is 0 Å². The zero-order chi connectivity index (χ0) is 14.5. The Bertz CT molecular complexity index is 555. The van der Waals surface area contributed by atoms with E-state index in [0.717, 1.165) is 28.4 Å². The first-order chi connectivity index (χ1) is 9.65. The predicted molar refractivity (Wildman–Crippen MR) is 81.3 cm³/mol. The Kier molecular flexibility index (Phi) is 4.51. The van der Waals surface area contributed by atoms with Gasteiger partial charge >= 0.3 is 0 Å².